The van der Waals surface area contributed by atoms with Crippen LogP contribution in [0.2, 0.25) is 0 Å². The molecule has 1 amide bonds. The van der Waals surface area contributed by atoms with Gasteiger partial charge < -0.3 is 11.1 Å². The van der Waals surface area contributed by atoms with Gasteiger partial charge in [-0.15, -0.1) is 0 Å². The van der Waals surface area contributed by atoms with E-state index in [0.29, 0.717) is 12.1 Å². The van der Waals surface area contributed by atoms with Crippen LogP contribution in [0.5, 0.6) is 0 Å². The summed E-state index contributed by atoms with van der Waals surface area (Å²) in [5.41, 5.74) is 9.09. The number of nitrogens with two attached hydrogens (primary N) is 1. The Kier molecular flexibility index (Phi) is 3.15. The van der Waals surface area contributed by atoms with E-state index in [1.54, 1.807) is 12.1 Å². The van der Waals surface area contributed by atoms with Crippen LogP contribution in [-0.2, 0) is 16.6 Å². The molecule has 23 heavy (non-hydrogen) atoms. The van der Waals surface area contributed by atoms with Crippen molar-refractivity contribution >= 4 is 11.6 Å². The van der Waals surface area contributed by atoms with E-state index >= 15 is 0 Å². The largest absolute Gasteiger partial charge is 0.399 e. The highest BCUT2D eigenvalue weighted by Gasteiger charge is 2.46. The zero-order valence-corrected chi connectivity index (χ0v) is 12.8. The van der Waals surface area contributed by atoms with Gasteiger partial charge in [0, 0.05) is 5.69 Å². The number of amides is 1. The van der Waals surface area contributed by atoms with Crippen molar-refractivity contribution in [1.29, 1.82) is 0 Å². The van der Waals surface area contributed by atoms with E-state index in [-0.39, 0.29) is 17.8 Å². The Bertz CT molecular complexity index is 765. The van der Waals surface area contributed by atoms with Crippen molar-refractivity contribution in [2.45, 2.75) is 37.1 Å². The Morgan fingerprint density at radius 1 is 1.17 bits per heavy atom. The van der Waals surface area contributed by atoms with E-state index in [2.05, 4.69) is 5.32 Å². The van der Waals surface area contributed by atoms with Crippen molar-refractivity contribution < 1.29 is 9.18 Å². The Hall–Kier alpha value is -2.36. The first-order valence-electron chi connectivity index (χ1n) is 8.04. The average molecular weight is 310 g/mol. The molecule has 1 fully saturated rings. The SMILES string of the molecule is Nc1ccc(C2(C(=O)NC3Cc4cc(F)ccc43)CCC2)cc1. The second-order valence-electron chi connectivity index (χ2n) is 6.63. The van der Waals surface area contributed by atoms with Gasteiger partial charge in [0.25, 0.3) is 0 Å². The van der Waals surface area contributed by atoms with Crippen LogP contribution in [-0.4, -0.2) is 5.91 Å². The molecule has 3 N–H and O–H groups in total. The van der Waals surface area contributed by atoms with Crippen LogP contribution in [0, 0.1) is 5.82 Å². The summed E-state index contributed by atoms with van der Waals surface area (Å²) in [6.45, 7) is 0. The lowest BCUT2D eigenvalue weighted by atomic mass is 9.63. The minimum atomic E-state index is -0.427. The third kappa shape index (κ3) is 2.21. The Morgan fingerprint density at radius 2 is 1.91 bits per heavy atom. The van der Waals surface area contributed by atoms with Crippen LogP contribution in [0.4, 0.5) is 10.1 Å². The van der Waals surface area contributed by atoms with Crippen LogP contribution in [0.25, 0.3) is 0 Å². The highest BCUT2D eigenvalue weighted by atomic mass is 19.1. The van der Waals surface area contributed by atoms with E-state index in [1.165, 1.54) is 6.07 Å². The summed E-state index contributed by atoms with van der Waals surface area (Å²) >= 11 is 0. The number of rotatable bonds is 3. The molecule has 2 aromatic carbocycles. The number of hydrogen-bond acceptors (Lipinski definition) is 2. The summed E-state index contributed by atoms with van der Waals surface area (Å²) in [7, 11) is 0. The van der Waals surface area contributed by atoms with E-state index in [9.17, 15) is 9.18 Å². The predicted octanol–water partition coefficient (Wildman–Crippen LogP) is 3.24. The molecule has 1 unspecified atom stereocenters. The summed E-state index contributed by atoms with van der Waals surface area (Å²) in [5.74, 6) is -0.139. The van der Waals surface area contributed by atoms with Crippen molar-refractivity contribution in [3.63, 3.8) is 0 Å². The Balaban J connectivity index is 1.54. The number of nitrogens with one attached hydrogen (secondary N) is 1. The number of anilines is 1. The molecule has 0 heterocycles. The monoisotopic (exact) mass is 310 g/mol. The molecular formula is C19H19FN2O. The molecule has 0 spiro atoms. The van der Waals surface area contributed by atoms with E-state index in [4.69, 9.17) is 5.73 Å². The van der Waals surface area contributed by atoms with E-state index in [1.807, 2.05) is 24.3 Å². The lowest BCUT2D eigenvalue weighted by molar-refractivity contribution is -0.130. The zero-order valence-electron chi connectivity index (χ0n) is 12.8. The maximum Gasteiger partial charge on any atom is 0.231 e. The molecule has 2 aliphatic rings. The molecule has 4 heteroatoms. The summed E-state index contributed by atoms with van der Waals surface area (Å²) in [4.78, 5) is 12.9. The van der Waals surface area contributed by atoms with Gasteiger partial charge in [0.05, 0.1) is 11.5 Å². The Labute approximate surface area is 134 Å². The molecule has 0 aliphatic heterocycles. The molecule has 2 aliphatic carbocycles. The lowest BCUT2D eigenvalue weighted by Crippen LogP contribution is -2.51. The van der Waals surface area contributed by atoms with Gasteiger partial charge in [0.2, 0.25) is 5.91 Å². The number of carbonyl (C=O) groups excluding carboxylic acids is 1. The van der Waals surface area contributed by atoms with Crippen LogP contribution in [0.3, 0.4) is 0 Å². The summed E-state index contributed by atoms with van der Waals surface area (Å²) < 4.78 is 13.2. The van der Waals surface area contributed by atoms with E-state index in [0.717, 1.165) is 36.0 Å². The fourth-order valence-corrected chi connectivity index (χ4v) is 3.69. The van der Waals surface area contributed by atoms with Gasteiger partial charge in [-0.25, -0.2) is 4.39 Å². The molecule has 118 valence electrons. The number of carbonyl (C=O) groups is 1. The van der Waals surface area contributed by atoms with Crippen molar-refractivity contribution in [3.8, 4) is 0 Å². The van der Waals surface area contributed by atoms with Gasteiger partial charge in [-0.3, -0.25) is 4.79 Å². The van der Waals surface area contributed by atoms with Crippen LogP contribution >= 0.6 is 0 Å². The summed E-state index contributed by atoms with van der Waals surface area (Å²) in [6, 6.07) is 12.4. The van der Waals surface area contributed by atoms with Gasteiger partial charge in [0.15, 0.2) is 0 Å². The quantitative estimate of drug-likeness (QED) is 0.855. The molecule has 0 radical (unpaired) electrons. The van der Waals surface area contributed by atoms with Crippen molar-refractivity contribution in [2.75, 3.05) is 5.73 Å². The third-order valence-electron chi connectivity index (χ3n) is 5.31. The summed E-state index contributed by atoms with van der Waals surface area (Å²) in [5, 5.41) is 3.16. The molecule has 0 aromatic heterocycles. The maximum absolute atomic E-state index is 13.2. The maximum atomic E-state index is 13.2. The van der Waals surface area contributed by atoms with Gasteiger partial charge >= 0.3 is 0 Å². The second-order valence-corrected chi connectivity index (χ2v) is 6.63. The number of hydrogen-bond donors (Lipinski definition) is 2. The van der Waals surface area contributed by atoms with Crippen LogP contribution < -0.4 is 11.1 Å². The van der Waals surface area contributed by atoms with Gasteiger partial charge in [-0.2, -0.15) is 0 Å². The second kappa shape index (κ2) is 5.08. The number of nitrogen functional groups attached to an aromatic ring is 1. The van der Waals surface area contributed by atoms with Gasteiger partial charge in [-0.05, 0) is 60.2 Å². The number of benzene rings is 2. The standard InChI is InChI=1S/C19H19FN2O/c20-14-4-7-16-12(10-14)11-17(16)22-18(23)19(8-1-9-19)13-2-5-15(21)6-3-13/h2-7,10,17H,1,8-9,11,21H2,(H,22,23). The lowest BCUT2D eigenvalue weighted by Gasteiger charge is -2.43. The first-order valence-corrected chi connectivity index (χ1v) is 8.04. The highest BCUT2D eigenvalue weighted by Crippen LogP contribution is 2.45. The topological polar surface area (TPSA) is 55.1 Å². The molecule has 1 atom stereocenters. The summed E-state index contributed by atoms with van der Waals surface area (Å²) in [6.07, 6.45) is 3.50. The molecular weight excluding hydrogens is 291 g/mol. The predicted molar refractivity (Wildman–Crippen MR) is 87.4 cm³/mol. The minimum absolute atomic E-state index is 0.00403. The number of fused-ring (bicyclic) bond motifs is 1. The van der Waals surface area contributed by atoms with Gasteiger partial charge in [0.1, 0.15) is 5.82 Å². The van der Waals surface area contributed by atoms with Gasteiger partial charge in [-0.1, -0.05) is 24.6 Å². The first-order chi connectivity index (χ1) is 11.1. The van der Waals surface area contributed by atoms with Crippen molar-refractivity contribution in [2.24, 2.45) is 0 Å². The molecule has 0 bridgehead atoms. The third-order valence-corrected chi connectivity index (χ3v) is 5.31. The molecule has 2 aromatic rings. The van der Waals surface area contributed by atoms with E-state index < -0.39 is 5.41 Å². The first kappa shape index (κ1) is 14.2. The zero-order chi connectivity index (χ0) is 16.0. The molecule has 4 rings (SSSR count). The Morgan fingerprint density at radius 3 is 2.52 bits per heavy atom. The molecule has 0 saturated heterocycles. The molecule has 3 nitrogen and oxygen atoms in total. The average Bonchev–Trinajstić information content (AvgIpc) is 2.46. The van der Waals surface area contributed by atoms with Crippen molar-refractivity contribution in [3.05, 3.63) is 65.0 Å². The number of halogens is 1. The molecule has 1 saturated carbocycles. The van der Waals surface area contributed by atoms with Crippen molar-refractivity contribution in [1.82, 2.24) is 5.32 Å². The minimum Gasteiger partial charge on any atom is -0.399 e. The fraction of sp³-hybridized carbons (Fsp3) is 0.316. The van der Waals surface area contributed by atoms with Crippen LogP contribution in [0.15, 0.2) is 42.5 Å². The highest BCUT2D eigenvalue weighted by molar-refractivity contribution is 5.90. The normalized spacial score (nSPS) is 20.8. The smallest absolute Gasteiger partial charge is 0.231 e. The van der Waals surface area contributed by atoms with Crippen LogP contribution in [0.1, 0.15) is 42.0 Å². The fourth-order valence-electron chi connectivity index (χ4n) is 3.69.